The largest absolute Gasteiger partial charge is 0.462 e. The second-order valence-corrected chi connectivity index (χ2v) is 8.67. The molecule has 5 rings (SSSR count). The van der Waals surface area contributed by atoms with Crippen LogP contribution in [-0.2, 0) is 11.3 Å². The van der Waals surface area contributed by atoms with Crippen molar-refractivity contribution in [3.05, 3.63) is 58.2 Å². The highest BCUT2D eigenvalue weighted by atomic mass is 35.5. The summed E-state index contributed by atoms with van der Waals surface area (Å²) in [6.07, 6.45) is 1.62. The number of carbonyl (C=O) groups is 1. The fourth-order valence-corrected chi connectivity index (χ4v) is 4.65. The van der Waals surface area contributed by atoms with Crippen LogP contribution in [0.3, 0.4) is 0 Å². The summed E-state index contributed by atoms with van der Waals surface area (Å²) in [6, 6.07) is 9.93. The highest BCUT2D eigenvalue weighted by molar-refractivity contribution is 6.32. The van der Waals surface area contributed by atoms with Gasteiger partial charge in [0.2, 0.25) is 6.79 Å². The number of fused-ring (bicyclic) bond motifs is 2. The highest BCUT2D eigenvalue weighted by Crippen LogP contribution is 2.35. The number of hydrogen-bond acceptors (Lipinski definition) is 7. The number of aryl methyl sites for hydroxylation is 1. The lowest BCUT2D eigenvalue weighted by Gasteiger charge is -2.37. The first-order valence-corrected chi connectivity index (χ1v) is 11.5. The minimum absolute atomic E-state index is 0.283. The van der Waals surface area contributed by atoms with Crippen molar-refractivity contribution >= 4 is 34.2 Å². The van der Waals surface area contributed by atoms with Crippen LogP contribution in [0.5, 0.6) is 11.5 Å². The minimum atomic E-state index is -0.350. The van der Waals surface area contributed by atoms with Crippen LogP contribution in [0, 0.1) is 6.92 Å². The van der Waals surface area contributed by atoms with Gasteiger partial charge in [-0.3, -0.25) is 9.88 Å². The molecular weight excluding hydrogens is 442 g/mol. The number of pyridine rings is 1. The summed E-state index contributed by atoms with van der Waals surface area (Å²) in [7, 11) is 0. The van der Waals surface area contributed by atoms with Crippen LogP contribution in [-0.4, -0.2) is 55.4 Å². The molecule has 0 radical (unpaired) electrons. The Kier molecular flexibility index (Phi) is 6.00. The van der Waals surface area contributed by atoms with E-state index in [1.54, 1.807) is 6.20 Å². The average molecular weight is 468 g/mol. The normalized spacial score (nSPS) is 15.8. The molecule has 0 spiro atoms. The van der Waals surface area contributed by atoms with E-state index in [1.807, 2.05) is 32.0 Å². The topological polar surface area (TPSA) is 64.1 Å². The molecule has 1 aromatic heterocycles. The van der Waals surface area contributed by atoms with Crippen LogP contribution in [0.4, 0.5) is 5.69 Å². The van der Waals surface area contributed by atoms with E-state index in [9.17, 15) is 4.79 Å². The first kappa shape index (κ1) is 21.8. The second-order valence-electron chi connectivity index (χ2n) is 8.26. The molecule has 0 saturated carbocycles. The maximum atomic E-state index is 12.8. The summed E-state index contributed by atoms with van der Waals surface area (Å²) in [5, 5.41) is 1.59. The van der Waals surface area contributed by atoms with E-state index in [0.717, 1.165) is 66.4 Å². The number of anilines is 1. The van der Waals surface area contributed by atoms with E-state index < -0.39 is 0 Å². The quantitative estimate of drug-likeness (QED) is 0.514. The number of piperazine rings is 1. The van der Waals surface area contributed by atoms with Crippen molar-refractivity contribution in [2.45, 2.75) is 20.4 Å². The van der Waals surface area contributed by atoms with Gasteiger partial charge in [0.1, 0.15) is 5.56 Å². The van der Waals surface area contributed by atoms with E-state index >= 15 is 0 Å². The molecule has 0 amide bonds. The molecular formula is C25H26ClN3O4. The lowest BCUT2D eigenvalue weighted by Crippen LogP contribution is -2.46. The molecule has 2 aliphatic heterocycles. The summed E-state index contributed by atoms with van der Waals surface area (Å²) >= 11 is 6.34. The van der Waals surface area contributed by atoms with Gasteiger partial charge in [-0.2, -0.15) is 0 Å². The Morgan fingerprint density at radius 3 is 2.70 bits per heavy atom. The van der Waals surface area contributed by atoms with E-state index in [1.165, 1.54) is 5.56 Å². The number of aromatic nitrogens is 1. The van der Waals surface area contributed by atoms with Gasteiger partial charge in [0.05, 0.1) is 17.8 Å². The molecule has 1 fully saturated rings. The Morgan fingerprint density at radius 1 is 1.12 bits per heavy atom. The standard InChI is InChI=1S/C25H26ClN3O4/c1-3-31-25(30)19-13-27-23-16(2)20(26)6-5-18(23)24(19)29-10-8-28(9-11-29)14-17-4-7-21-22(12-17)33-15-32-21/h4-7,12-13H,3,8-11,14-15H2,1-2H3. The number of hydrogen-bond donors (Lipinski definition) is 0. The molecule has 3 heterocycles. The summed E-state index contributed by atoms with van der Waals surface area (Å²) in [5.74, 6) is 1.26. The van der Waals surface area contributed by atoms with Gasteiger partial charge in [-0.15, -0.1) is 0 Å². The Bertz CT molecular complexity index is 1210. The smallest absolute Gasteiger partial charge is 0.341 e. The maximum absolute atomic E-state index is 12.8. The third-order valence-corrected chi connectivity index (χ3v) is 6.63. The molecule has 0 bridgehead atoms. The number of nitrogens with zero attached hydrogens (tertiary/aromatic N) is 3. The number of carbonyl (C=O) groups excluding carboxylic acids is 1. The fraction of sp³-hybridized carbons (Fsp3) is 0.360. The van der Waals surface area contributed by atoms with Gasteiger partial charge in [-0.1, -0.05) is 17.7 Å². The third kappa shape index (κ3) is 4.18. The summed E-state index contributed by atoms with van der Waals surface area (Å²) in [5.41, 5.74) is 4.29. The number of esters is 1. The second kappa shape index (κ2) is 9.08. The van der Waals surface area contributed by atoms with Crippen molar-refractivity contribution in [1.29, 1.82) is 0 Å². The Labute approximate surface area is 197 Å². The van der Waals surface area contributed by atoms with Gasteiger partial charge in [0.25, 0.3) is 0 Å². The molecule has 7 nitrogen and oxygen atoms in total. The van der Waals surface area contributed by atoms with Crippen LogP contribution < -0.4 is 14.4 Å². The first-order chi connectivity index (χ1) is 16.0. The zero-order chi connectivity index (χ0) is 22.9. The lowest BCUT2D eigenvalue weighted by atomic mass is 10.0. The van der Waals surface area contributed by atoms with Gasteiger partial charge in [-0.05, 0) is 49.2 Å². The zero-order valence-electron chi connectivity index (χ0n) is 18.8. The predicted molar refractivity (Wildman–Crippen MR) is 128 cm³/mol. The van der Waals surface area contributed by atoms with Crippen LogP contribution in [0.25, 0.3) is 10.9 Å². The monoisotopic (exact) mass is 467 g/mol. The number of ether oxygens (including phenoxy) is 3. The molecule has 172 valence electrons. The Hall–Kier alpha value is -3.03. The van der Waals surface area contributed by atoms with E-state index in [2.05, 4.69) is 26.9 Å². The van der Waals surface area contributed by atoms with Crippen LogP contribution >= 0.6 is 11.6 Å². The molecule has 2 aliphatic rings. The van der Waals surface area contributed by atoms with Crippen molar-refractivity contribution in [3.63, 3.8) is 0 Å². The zero-order valence-corrected chi connectivity index (χ0v) is 19.5. The maximum Gasteiger partial charge on any atom is 0.341 e. The van der Waals surface area contributed by atoms with Gasteiger partial charge < -0.3 is 19.1 Å². The highest BCUT2D eigenvalue weighted by Gasteiger charge is 2.26. The Balaban J connectivity index is 1.39. The van der Waals surface area contributed by atoms with E-state index in [0.29, 0.717) is 17.2 Å². The summed E-state index contributed by atoms with van der Waals surface area (Å²) in [4.78, 5) is 22.0. The van der Waals surface area contributed by atoms with Gasteiger partial charge in [-0.25, -0.2) is 4.79 Å². The summed E-state index contributed by atoms with van der Waals surface area (Å²) in [6.45, 7) is 8.51. The molecule has 33 heavy (non-hydrogen) atoms. The number of halogens is 1. The molecule has 3 aromatic rings. The predicted octanol–water partition coefficient (Wildman–Crippen LogP) is 4.42. The molecule has 0 atom stereocenters. The van der Waals surface area contributed by atoms with E-state index in [-0.39, 0.29) is 12.8 Å². The van der Waals surface area contributed by atoms with Gasteiger partial charge >= 0.3 is 5.97 Å². The van der Waals surface area contributed by atoms with Gasteiger partial charge in [0.15, 0.2) is 11.5 Å². The molecule has 0 aliphatic carbocycles. The number of rotatable bonds is 5. The third-order valence-electron chi connectivity index (χ3n) is 6.22. The van der Waals surface area contributed by atoms with Crippen LogP contribution in [0.1, 0.15) is 28.4 Å². The fourth-order valence-electron chi connectivity index (χ4n) is 4.49. The SMILES string of the molecule is CCOC(=O)c1cnc2c(C)c(Cl)ccc2c1N1CCN(Cc2ccc3c(c2)OCO3)CC1. The van der Waals surface area contributed by atoms with Crippen molar-refractivity contribution in [3.8, 4) is 11.5 Å². The average Bonchev–Trinajstić information content (AvgIpc) is 3.29. The Morgan fingerprint density at radius 2 is 1.91 bits per heavy atom. The molecule has 0 N–H and O–H groups in total. The number of benzene rings is 2. The molecule has 1 saturated heterocycles. The van der Waals surface area contributed by atoms with Crippen molar-refractivity contribution < 1.29 is 19.0 Å². The van der Waals surface area contributed by atoms with Crippen molar-refractivity contribution in [2.75, 3.05) is 44.5 Å². The molecule has 8 heteroatoms. The lowest BCUT2D eigenvalue weighted by molar-refractivity contribution is 0.0526. The van der Waals surface area contributed by atoms with Crippen LogP contribution in [0.2, 0.25) is 5.02 Å². The van der Waals surface area contributed by atoms with Crippen LogP contribution in [0.15, 0.2) is 36.5 Å². The van der Waals surface area contributed by atoms with E-state index in [4.69, 9.17) is 25.8 Å². The van der Waals surface area contributed by atoms with Crippen molar-refractivity contribution in [2.24, 2.45) is 0 Å². The minimum Gasteiger partial charge on any atom is -0.462 e. The molecule has 0 unspecified atom stereocenters. The first-order valence-electron chi connectivity index (χ1n) is 11.2. The summed E-state index contributed by atoms with van der Waals surface area (Å²) < 4.78 is 16.3. The van der Waals surface area contributed by atoms with Gasteiger partial charge in [0, 0.05) is 49.3 Å². The molecule has 2 aromatic carbocycles. The van der Waals surface area contributed by atoms with Crippen molar-refractivity contribution in [1.82, 2.24) is 9.88 Å².